The molecule has 2 unspecified atom stereocenters. The van der Waals surface area contributed by atoms with E-state index in [4.69, 9.17) is 0 Å². The van der Waals surface area contributed by atoms with Gasteiger partial charge in [-0.15, -0.1) is 0 Å². The molecule has 0 bridgehead atoms. The van der Waals surface area contributed by atoms with Crippen LogP contribution in [0.1, 0.15) is 0 Å². The minimum absolute atomic E-state index is 0. The molecule has 2 N–H and O–H groups in total. The molecule has 0 aromatic carbocycles. The van der Waals surface area contributed by atoms with Crippen LogP contribution in [0.15, 0.2) is 0 Å². The summed E-state index contributed by atoms with van der Waals surface area (Å²) in [6.45, 7) is 0. The van der Waals surface area contributed by atoms with Gasteiger partial charge in [-0.3, -0.25) is 0 Å². The van der Waals surface area contributed by atoms with E-state index < -0.39 is 0 Å². The molecule has 0 aromatic rings. The van der Waals surface area contributed by atoms with Gasteiger partial charge in [0.15, 0.2) is 0 Å². The fourth-order valence-electron chi connectivity index (χ4n) is 0. The van der Waals surface area contributed by atoms with Crippen LogP contribution in [-0.2, 0) is 19.5 Å². The van der Waals surface area contributed by atoms with Crippen molar-refractivity contribution in [3.8, 4) is 0 Å². The Kier molecular flexibility index (Phi) is 326. The molecule has 0 aliphatic heterocycles. The van der Waals surface area contributed by atoms with Crippen molar-refractivity contribution in [3.63, 3.8) is 0 Å². The fraction of sp³-hybridized carbons (Fsp3) is 0. The summed E-state index contributed by atoms with van der Waals surface area (Å²) in [5, 5.41) is 0. The van der Waals surface area contributed by atoms with Gasteiger partial charge >= 0.3 is 0 Å². The average molecular weight is 187 g/mol. The van der Waals surface area contributed by atoms with Crippen LogP contribution < -0.4 is 0 Å². The van der Waals surface area contributed by atoms with Crippen molar-refractivity contribution in [1.82, 2.24) is 0 Å². The number of hydrogen-bond donors (Lipinski definition) is 0. The first-order chi connectivity index (χ1) is 0. The smallest absolute Gasteiger partial charge is 0 e. The Bertz CT molecular complexity index is 6.00. The molecule has 1 radical (unpaired) electrons. The Hall–Kier alpha value is 1.44. The van der Waals surface area contributed by atoms with Crippen LogP contribution in [0, 0.1) is 0 Å². The first-order valence-electron chi connectivity index (χ1n) is 0. The van der Waals surface area contributed by atoms with Crippen LogP contribution in [0.3, 0.4) is 0 Å². The number of rotatable bonds is 0. The van der Waals surface area contributed by atoms with Crippen molar-refractivity contribution < 1.29 is 19.5 Å². The van der Waals surface area contributed by atoms with Gasteiger partial charge in [0.1, 0.15) is 0 Å². The Morgan fingerprint density at radius 1 is 0.750 bits per heavy atom. The second-order valence-corrected chi connectivity index (χ2v) is 0. The SMILES string of the molecule is P.P.[NH2-].[Rh]. The van der Waals surface area contributed by atoms with Crippen LogP contribution in [0.25, 0.3) is 6.15 Å². The Balaban J connectivity index is 0. The van der Waals surface area contributed by atoms with Gasteiger partial charge in [-0.25, -0.2) is 0 Å². The molecule has 4 heavy (non-hydrogen) atoms. The van der Waals surface area contributed by atoms with E-state index in [1.54, 1.807) is 0 Å². The second kappa shape index (κ2) is 25.3. The molecule has 0 saturated carbocycles. The molecule has 0 spiro atoms. The van der Waals surface area contributed by atoms with Crippen molar-refractivity contribution in [3.05, 3.63) is 6.15 Å². The van der Waals surface area contributed by atoms with Gasteiger partial charge in [0, 0.05) is 19.5 Å². The summed E-state index contributed by atoms with van der Waals surface area (Å²) in [5.74, 6) is 0. The quantitative estimate of drug-likeness (QED) is 0.397. The van der Waals surface area contributed by atoms with Gasteiger partial charge < -0.3 is 6.15 Å². The maximum Gasteiger partial charge on any atom is 0 e. The molecular formula is H8NP2Rh-. The van der Waals surface area contributed by atoms with Gasteiger partial charge in [-0.2, -0.15) is 19.8 Å². The normalized spacial score (nSPS) is 0. The first-order valence-corrected chi connectivity index (χ1v) is 0. The summed E-state index contributed by atoms with van der Waals surface area (Å²) >= 11 is 0. The topological polar surface area (TPSA) is 33.5 Å². The Morgan fingerprint density at radius 2 is 0.750 bits per heavy atom. The van der Waals surface area contributed by atoms with E-state index in [1.807, 2.05) is 0 Å². The van der Waals surface area contributed by atoms with Crippen LogP contribution in [-0.4, -0.2) is 0 Å². The van der Waals surface area contributed by atoms with Crippen LogP contribution in [0.2, 0.25) is 0 Å². The van der Waals surface area contributed by atoms with Crippen molar-refractivity contribution in [2.75, 3.05) is 0 Å². The molecule has 4 heteroatoms. The van der Waals surface area contributed by atoms with Crippen molar-refractivity contribution in [2.45, 2.75) is 0 Å². The summed E-state index contributed by atoms with van der Waals surface area (Å²) < 4.78 is 0. The molecule has 0 heterocycles. The van der Waals surface area contributed by atoms with Gasteiger partial charge in [0.25, 0.3) is 0 Å². The van der Waals surface area contributed by atoms with E-state index >= 15 is 0 Å². The molecule has 0 fully saturated rings. The zero-order valence-electron chi connectivity index (χ0n) is 2.32. The van der Waals surface area contributed by atoms with Gasteiger partial charge in [0.05, 0.1) is 0 Å². The van der Waals surface area contributed by atoms with Crippen molar-refractivity contribution in [1.29, 1.82) is 0 Å². The standard InChI is InChI=1S/H2N.2H3P.Rh/h1H2;2*1H3;/q-1;;;. The summed E-state index contributed by atoms with van der Waals surface area (Å²) in [6, 6.07) is 0. The monoisotopic (exact) mass is 187 g/mol. The zero-order valence-corrected chi connectivity index (χ0v) is 6.79. The summed E-state index contributed by atoms with van der Waals surface area (Å²) in [6.07, 6.45) is 0. The Labute approximate surface area is 45.9 Å². The van der Waals surface area contributed by atoms with Gasteiger partial charge in [0.2, 0.25) is 0 Å². The molecular weight excluding hydrogens is 179 g/mol. The molecule has 0 saturated heterocycles. The van der Waals surface area contributed by atoms with E-state index in [0.29, 0.717) is 0 Å². The third-order valence-corrected chi connectivity index (χ3v) is 0. The minimum Gasteiger partial charge on any atom is -0.693 e. The van der Waals surface area contributed by atoms with E-state index in [0.717, 1.165) is 0 Å². The largest absolute Gasteiger partial charge is 0.693 e. The molecule has 0 rings (SSSR count). The first kappa shape index (κ1) is 51.6. The van der Waals surface area contributed by atoms with Crippen LogP contribution in [0.5, 0.6) is 0 Å². The maximum absolute atomic E-state index is 0. The molecule has 0 aromatic heterocycles. The molecule has 0 aliphatic rings. The average Bonchev–Trinajstić information content (AvgIpc) is 0. The van der Waals surface area contributed by atoms with E-state index in [9.17, 15) is 0 Å². The van der Waals surface area contributed by atoms with E-state index in [-0.39, 0.29) is 45.4 Å². The maximum atomic E-state index is 0. The van der Waals surface area contributed by atoms with Gasteiger partial charge in [-0.05, 0) is 0 Å². The Morgan fingerprint density at radius 3 is 0.750 bits per heavy atom. The number of nitrogens with two attached hydrogens (primary N) is 1. The molecule has 33 valence electrons. The molecule has 0 aliphatic carbocycles. The number of hydrogen-bond acceptors (Lipinski definition) is 0. The minimum atomic E-state index is 0. The van der Waals surface area contributed by atoms with Crippen LogP contribution in [0.4, 0.5) is 0 Å². The third kappa shape index (κ3) is 9.87. The van der Waals surface area contributed by atoms with Crippen LogP contribution >= 0.6 is 19.8 Å². The fourth-order valence-corrected chi connectivity index (χ4v) is 0. The van der Waals surface area contributed by atoms with Crippen molar-refractivity contribution in [2.24, 2.45) is 0 Å². The van der Waals surface area contributed by atoms with Crippen molar-refractivity contribution >= 4 is 19.8 Å². The van der Waals surface area contributed by atoms with E-state index in [1.165, 1.54) is 0 Å². The molecule has 1 nitrogen and oxygen atoms in total. The predicted molar refractivity (Wildman–Crippen MR) is 27.5 cm³/mol. The van der Waals surface area contributed by atoms with E-state index in [2.05, 4.69) is 0 Å². The zero-order chi connectivity index (χ0) is 0. The summed E-state index contributed by atoms with van der Waals surface area (Å²) in [7, 11) is 0. The summed E-state index contributed by atoms with van der Waals surface area (Å²) in [5.41, 5.74) is 0. The van der Waals surface area contributed by atoms with Gasteiger partial charge in [-0.1, -0.05) is 0 Å². The molecule has 0 amide bonds. The predicted octanol–water partition coefficient (Wildman–Crippen LogP) is 0.831. The molecule has 2 atom stereocenters. The second-order valence-electron chi connectivity index (χ2n) is 0. The summed E-state index contributed by atoms with van der Waals surface area (Å²) in [4.78, 5) is 0. The third-order valence-electron chi connectivity index (χ3n) is 0.